The molecule has 1 N–H and O–H groups in total. The fourth-order valence-corrected chi connectivity index (χ4v) is 0.156. The van der Waals surface area contributed by atoms with Crippen molar-refractivity contribution in [2.45, 2.75) is 20.3 Å². The van der Waals surface area contributed by atoms with Crippen LogP contribution in [0.1, 0.15) is 20.3 Å². The molecule has 0 bridgehead atoms. The third-order valence-corrected chi connectivity index (χ3v) is 0.732. The maximum atomic E-state index is 6.27. The minimum Gasteiger partial charge on any atom is -0.185 e. The van der Waals surface area contributed by atoms with Gasteiger partial charge in [-0.25, -0.2) is 0 Å². The third-order valence-electron chi connectivity index (χ3n) is 0.732. The van der Waals surface area contributed by atoms with Gasteiger partial charge in [0.2, 0.25) is 0 Å². The summed E-state index contributed by atoms with van der Waals surface area (Å²) in [6.07, 6.45) is 0.877. The topological polar surface area (TPSA) is 48.6 Å². The van der Waals surface area contributed by atoms with Crippen molar-refractivity contribution < 1.29 is 0 Å². The van der Waals surface area contributed by atoms with Gasteiger partial charge in [-0.05, 0) is 13.3 Å². The number of hydrogen-bond acceptors (Lipinski definition) is 2. The van der Waals surface area contributed by atoms with Gasteiger partial charge in [0.25, 0.3) is 0 Å². The van der Waals surface area contributed by atoms with Crippen LogP contribution in [-0.4, -0.2) is 5.71 Å². The largest absolute Gasteiger partial charge is 0.185 e. The summed E-state index contributed by atoms with van der Waals surface area (Å²) < 4.78 is 0. The van der Waals surface area contributed by atoms with E-state index < -0.39 is 0 Å². The van der Waals surface area contributed by atoms with Gasteiger partial charge in [0.1, 0.15) is 0 Å². The van der Waals surface area contributed by atoms with Gasteiger partial charge in [0.05, 0.1) is 0 Å². The van der Waals surface area contributed by atoms with Crippen LogP contribution >= 0.6 is 0 Å². The molecule has 0 amide bonds. The molecule has 0 aliphatic heterocycles. The molecular formula is C4H9N3. The second-order valence-electron chi connectivity index (χ2n) is 1.29. The lowest BCUT2D eigenvalue weighted by molar-refractivity contribution is 0.976. The van der Waals surface area contributed by atoms with Crippen LogP contribution in [0.3, 0.4) is 0 Å². The Balaban J connectivity index is 3.49. The Morgan fingerprint density at radius 3 is 2.43 bits per heavy atom. The van der Waals surface area contributed by atoms with E-state index in [9.17, 15) is 0 Å². The van der Waals surface area contributed by atoms with Crippen molar-refractivity contribution in [1.29, 1.82) is 5.53 Å². The minimum absolute atomic E-state index is 0.877. The lowest BCUT2D eigenvalue weighted by atomic mass is 10.3. The van der Waals surface area contributed by atoms with Crippen LogP contribution in [0, 0.1) is 5.53 Å². The molecule has 0 heterocycles. The highest BCUT2D eigenvalue weighted by molar-refractivity contribution is 5.81. The van der Waals surface area contributed by atoms with Crippen LogP contribution < -0.4 is 0 Å². The average molecular weight is 99.1 g/mol. The minimum atomic E-state index is 0.877. The van der Waals surface area contributed by atoms with E-state index in [4.69, 9.17) is 5.53 Å². The first-order valence-electron chi connectivity index (χ1n) is 2.21. The van der Waals surface area contributed by atoms with E-state index in [0.29, 0.717) is 0 Å². The van der Waals surface area contributed by atoms with Crippen molar-refractivity contribution in [2.75, 3.05) is 0 Å². The van der Waals surface area contributed by atoms with Crippen LogP contribution in [0.5, 0.6) is 0 Å². The Morgan fingerprint density at radius 1 is 1.71 bits per heavy atom. The molecule has 0 atom stereocenters. The van der Waals surface area contributed by atoms with Gasteiger partial charge in [-0.2, -0.15) is 5.53 Å². The average Bonchev–Trinajstić information content (AvgIpc) is 1.68. The zero-order valence-corrected chi connectivity index (χ0v) is 4.60. The Kier molecular flexibility index (Phi) is 3.10. The lowest BCUT2D eigenvalue weighted by Crippen LogP contribution is -1.82. The highest BCUT2D eigenvalue weighted by Crippen LogP contribution is 1.82. The lowest BCUT2D eigenvalue weighted by Gasteiger charge is -1.82. The standard InChI is InChI=1S/C4H9N3/c1-3-4(2)6-7-5/h5H,3H2,1-2H3. The summed E-state index contributed by atoms with van der Waals surface area (Å²) in [4.78, 5) is 0. The van der Waals surface area contributed by atoms with Crippen molar-refractivity contribution >= 4 is 5.71 Å². The molecule has 40 valence electrons. The van der Waals surface area contributed by atoms with E-state index in [2.05, 4.69) is 10.3 Å². The Morgan fingerprint density at radius 2 is 2.29 bits per heavy atom. The molecule has 3 heteroatoms. The number of hydrogen-bond donors (Lipinski definition) is 1. The van der Waals surface area contributed by atoms with E-state index in [0.717, 1.165) is 12.1 Å². The van der Waals surface area contributed by atoms with Gasteiger partial charge in [-0.1, -0.05) is 12.1 Å². The number of rotatable bonds is 2. The fraction of sp³-hybridized carbons (Fsp3) is 0.750. The molecule has 3 nitrogen and oxygen atoms in total. The summed E-state index contributed by atoms with van der Waals surface area (Å²) in [5.41, 5.74) is 7.17. The molecule has 0 aromatic heterocycles. The van der Waals surface area contributed by atoms with Crippen LogP contribution in [0.2, 0.25) is 0 Å². The smallest absolute Gasteiger partial charge is 0.0390 e. The van der Waals surface area contributed by atoms with Crippen molar-refractivity contribution in [3.8, 4) is 0 Å². The highest BCUT2D eigenvalue weighted by atomic mass is 15.3. The van der Waals surface area contributed by atoms with Crippen molar-refractivity contribution in [3.63, 3.8) is 0 Å². The van der Waals surface area contributed by atoms with E-state index in [1.54, 1.807) is 0 Å². The number of nitrogens with zero attached hydrogens (tertiary/aromatic N) is 2. The van der Waals surface area contributed by atoms with Crippen molar-refractivity contribution in [1.82, 2.24) is 0 Å². The SMILES string of the molecule is CCC(C)=NN=N. The molecular weight excluding hydrogens is 90.1 g/mol. The summed E-state index contributed by atoms with van der Waals surface area (Å²) in [6, 6.07) is 0. The fourth-order valence-electron chi connectivity index (χ4n) is 0.156. The second kappa shape index (κ2) is 3.46. The maximum Gasteiger partial charge on any atom is 0.0390 e. The van der Waals surface area contributed by atoms with E-state index in [1.165, 1.54) is 0 Å². The molecule has 0 aromatic carbocycles. The van der Waals surface area contributed by atoms with Crippen LogP contribution in [0.25, 0.3) is 0 Å². The quantitative estimate of drug-likeness (QED) is 0.312. The molecule has 0 aliphatic rings. The molecule has 0 saturated carbocycles. The van der Waals surface area contributed by atoms with E-state index in [1.807, 2.05) is 13.8 Å². The van der Waals surface area contributed by atoms with Gasteiger partial charge in [0, 0.05) is 5.71 Å². The molecule has 0 unspecified atom stereocenters. The van der Waals surface area contributed by atoms with E-state index in [-0.39, 0.29) is 0 Å². The molecule has 0 saturated heterocycles. The maximum absolute atomic E-state index is 6.27. The van der Waals surface area contributed by atoms with Crippen molar-refractivity contribution in [3.05, 3.63) is 0 Å². The van der Waals surface area contributed by atoms with Crippen molar-refractivity contribution in [2.24, 2.45) is 10.3 Å². The molecule has 0 spiro atoms. The summed E-state index contributed by atoms with van der Waals surface area (Å²) in [5.74, 6) is 0. The molecule has 0 aromatic rings. The van der Waals surface area contributed by atoms with Gasteiger partial charge < -0.3 is 0 Å². The predicted molar refractivity (Wildman–Crippen MR) is 28.5 cm³/mol. The monoisotopic (exact) mass is 99.1 g/mol. The van der Waals surface area contributed by atoms with Crippen LogP contribution in [-0.2, 0) is 0 Å². The summed E-state index contributed by atoms with van der Waals surface area (Å²) in [5, 5.41) is 6.30. The first kappa shape index (κ1) is 6.27. The van der Waals surface area contributed by atoms with E-state index >= 15 is 0 Å². The molecule has 0 aliphatic carbocycles. The first-order valence-corrected chi connectivity index (χ1v) is 2.21. The Bertz CT molecular complexity index is 84.9. The second-order valence-corrected chi connectivity index (χ2v) is 1.29. The van der Waals surface area contributed by atoms with Gasteiger partial charge >= 0.3 is 0 Å². The normalized spacial score (nSPS) is 11.4. The van der Waals surface area contributed by atoms with Crippen LogP contribution in [0.4, 0.5) is 0 Å². The number of nitrogens with one attached hydrogen (secondary N) is 1. The third kappa shape index (κ3) is 3.09. The summed E-state index contributed by atoms with van der Waals surface area (Å²) in [6.45, 7) is 3.82. The van der Waals surface area contributed by atoms with Gasteiger partial charge in [-0.3, -0.25) is 0 Å². The molecule has 0 radical (unpaired) electrons. The molecule has 0 rings (SSSR count). The van der Waals surface area contributed by atoms with Crippen LogP contribution in [0.15, 0.2) is 10.3 Å². The Labute approximate surface area is 42.9 Å². The Hall–Kier alpha value is -0.730. The molecule has 7 heavy (non-hydrogen) atoms. The summed E-state index contributed by atoms with van der Waals surface area (Å²) >= 11 is 0. The zero-order chi connectivity index (χ0) is 5.70. The first-order chi connectivity index (χ1) is 3.31. The zero-order valence-electron chi connectivity index (χ0n) is 4.60. The predicted octanol–water partition coefficient (Wildman–Crippen LogP) is 1.80. The van der Waals surface area contributed by atoms with Gasteiger partial charge in [-0.15, -0.1) is 5.10 Å². The highest BCUT2D eigenvalue weighted by Gasteiger charge is 1.78. The summed E-state index contributed by atoms with van der Waals surface area (Å²) in [7, 11) is 0. The molecule has 0 fully saturated rings. The van der Waals surface area contributed by atoms with Gasteiger partial charge in [0.15, 0.2) is 0 Å².